The number of hydrogen-bond acceptors (Lipinski definition) is 2. The van der Waals surface area contributed by atoms with Crippen LogP contribution in [0, 0.1) is 0 Å². The Bertz CT molecular complexity index is 430. The van der Waals surface area contributed by atoms with Crippen LogP contribution in [0.15, 0.2) is 18.2 Å². The molecule has 1 N–H and O–H groups in total. The van der Waals surface area contributed by atoms with Gasteiger partial charge in [0, 0.05) is 5.56 Å². The number of carboxylic acid groups (broad SMARTS) is 1. The molecule has 0 aromatic heterocycles. The second-order valence-corrected chi connectivity index (χ2v) is 4.53. The molecule has 3 nitrogen and oxygen atoms in total. The molecule has 1 aromatic carbocycles. The van der Waals surface area contributed by atoms with Crippen molar-refractivity contribution in [1.82, 2.24) is 0 Å². The lowest BCUT2D eigenvalue weighted by atomic mass is 9.98. The molecule has 0 aliphatic rings. The number of hydrogen-bond donors (Lipinski definition) is 1. The number of rotatable bonds is 4. The van der Waals surface area contributed by atoms with Crippen molar-refractivity contribution in [1.29, 1.82) is 0 Å². The summed E-state index contributed by atoms with van der Waals surface area (Å²) in [6.07, 6.45) is -0.0606. The van der Waals surface area contributed by atoms with E-state index in [-0.39, 0.29) is 16.7 Å². The molecule has 0 spiro atoms. The Balaban J connectivity index is 3.08. The summed E-state index contributed by atoms with van der Waals surface area (Å²) in [4.78, 5) is 10.7. The van der Waals surface area contributed by atoms with Gasteiger partial charge in [0.2, 0.25) is 5.67 Å². The SMILES string of the molecule is CC(C)Oc1ccc(C(C)(F)C(=O)O)cc1Cl. The highest BCUT2D eigenvalue weighted by molar-refractivity contribution is 6.32. The summed E-state index contributed by atoms with van der Waals surface area (Å²) >= 11 is 5.90. The van der Waals surface area contributed by atoms with E-state index in [2.05, 4.69) is 0 Å². The molecule has 0 radical (unpaired) electrons. The first-order chi connectivity index (χ1) is 7.75. The van der Waals surface area contributed by atoms with Crippen molar-refractivity contribution in [2.24, 2.45) is 0 Å². The molecule has 0 aliphatic carbocycles. The van der Waals surface area contributed by atoms with Crippen LogP contribution in [0.2, 0.25) is 5.02 Å². The molecular formula is C12H14ClFO3. The zero-order valence-corrected chi connectivity index (χ0v) is 10.6. The van der Waals surface area contributed by atoms with Crippen LogP contribution >= 0.6 is 11.6 Å². The van der Waals surface area contributed by atoms with Crippen LogP contribution in [0.1, 0.15) is 26.3 Å². The van der Waals surface area contributed by atoms with Crippen LogP contribution in [0.25, 0.3) is 0 Å². The van der Waals surface area contributed by atoms with Gasteiger partial charge < -0.3 is 9.84 Å². The summed E-state index contributed by atoms with van der Waals surface area (Å²) in [5.74, 6) is -1.14. The maximum atomic E-state index is 13.8. The van der Waals surface area contributed by atoms with E-state index in [1.165, 1.54) is 18.2 Å². The van der Waals surface area contributed by atoms with Crippen molar-refractivity contribution < 1.29 is 19.0 Å². The van der Waals surface area contributed by atoms with Crippen molar-refractivity contribution in [2.45, 2.75) is 32.5 Å². The summed E-state index contributed by atoms with van der Waals surface area (Å²) in [6.45, 7) is 4.64. The maximum Gasteiger partial charge on any atom is 0.345 e. The second-order valence-electron chi connectivity index (χ2n) is 4.12. The fourth-order valence-corrected chi connectivity index (χ4v) is 1.49. The summed E-state index contributed by atoms with van der Waals surface area (Å²) < 4.78 is 19.2. The van der Waals surface area contributed by atoms with Gasteiger partial charge in [0.05, 0.1) is 11.1 Å². The highest BCUT2D eigenvalue weighted by atomic mass is 35.5. The predicted octanol–water partition coefficient (Wildman–Crippen LogP) is 3.40. The molecule has 1 atom stereocenters. The fourth-order valence-electron chi connectivity index (χ4n) is 1.27. The van der Waals surface area contributed by atoms with Gasteiger partial charge in [-0.2, -0.15) is 0 Å². The van der Waals surface area contributed by atoms with Gasteiger partial charge in [-0.15, -0.1) is 0 Å². The van der Waals surface area contributed by atoms with Crippen LogP contribution in [0.5, 0.6) is 5.75 Å². The minimum absolute atomic E-state index is 0.00824. The van der Waals surface area contributed by atoms with Crippen molar-refractivity contribution >= 4 is 17.6 Å². The lowest BCUT2D eigenvalue weighted by Crippen LogP contribution is -2.26. The first-order valence-electron chi connectivity index (χ1n) is 5.14. The third kappa shape index (κ3) is 3.09. The van der Waals surface area contributed by atoms with Crippen molar-refractivity contribution in [3.05, 3.63) is 28.8 Å². The van der Waals surface area contributed by atoms with Crippen LogP contribution in [0.3, 0.4) is 0 Å². The smallest absolute Gasteiger partial charge is 0.345 e. The van der Waals surface area contributed by atoms with E-state index in [9.17, 15) is 9.18 Å². The number of halogens is 2. The van der Waals surface area contributed by atoms with E-state index < -0.39 is 11.6 Å². The zero-order valence-electron chi connectivity index (χ0n) is 9.83. The van der Waals surface area contributed by atoms with Gasteiger partial charge in [-0.05, 0) is 32.9 Å². The topological polar surface area (TPSA) is 46.5 Å². The summed E-state index contributed by atoms with van der Waals surface area (Å²) in [7, 11) is 0. The second kappa shape index (κ2) is 4.92. The standard InChI is InChI=1S/C12H14ClFO3/c1-7(2)17-10-5-4-8(6-9(10)13)12(3,14)11(15)16/h4-7H,1-3H3,(H,15,16). The molecule has 1 rings (SSSR count). The Morgan fingerprint density at radius 2 is 2.12 bits per heavy atom. The summed E-state index contributed by atoms with van der Waals surface area (Å²) in [6, 6.07) is 4.10. The molecule has 1 aromatic rings. The van der Waals surface area contributed by atoms with Gasteiger partial charge in [-0.3, -0.25) is 0 Å². The molecule has 0 amide bonds. The molecule has 0 heterocycles. The first kappa shape index (κ1) is 13.8. The molecule has 0 aliphatic heterocycles. The van der Waals surface area contributed by atoms with Crippen molar-refractivity contribution in [3.63, 3.8) is 0 Å². The Morgan fingerprint density at radius 1 is 1.53 bits per heavy atom. The highest BCUT2D eigenvalue weighted by Gasteiger charge is 2.35. The Kier molecular flexibility index (Phi) is 3.98. The molecule has 0 saturated heterocycles. The van der Waals surface area contributed by atoms with Crippen LogP contribution in [-0.4, -0.2) is 17.2 Å². The molecular weight excluding hydrogens is 247 g/mol. The third-order valence-corrected chi connectivity index (χ3v) is 2.53. The summed E-state index contributed by atoms with van der Waals surface area (Å²) in [5, 5.41) is 8.95. The van der Waals surface area contributed by atoms with Gasteiger partial charge in [0.15, 0.2) is 0 Å². The van der Waals surface area contributed by atoms with E-state index in [0.717, 1.165) is 6.92 Å². The molecule has 0 saturated carbocycles. The fraction of sp³-hybridized carbons (Fsp3) is 0.417. The van der Waals surface area contributed by atoms with Gasteiger partial charge in [0.1, 0.15) is 5.75 Å². The highest BCUT2D eigenvalue weighted by Crippen LogP contribution is 2.33. The maximum absolute atomic E-state index is 13.8. The minimum atomic E-state index is -2.46. The minimum Gasteiger partial charge on any atom is -0.489 e. The van der Waals surface area contributed by atoms with Crippen LogP contribution < -0.4 is 4.74 Å². The van der Waals surface area contributed by atoms with E-state index >= 15 is 0 Å². The van der Waals surface area contributed by atoms with E-state index in [0.29, 0.717) is 5.75 Å². The monoisotopic (exact) mass is 260 g/mol. The van der Waals surface area contributed by atoms with E-state index in [4.69, 9.17) is 21.4 Å². The Hall–Kier alpha value is -1.29. The van der Waals surface area contributed by atoms with E-state index in [1.54, 1.807) is 0 Å². The third-order valence-electron chi connectivity index (χ3n) is 2.24. The lowest BCUT2D eigenvalue weighted by molar-refractivity contribution is -0.150. The Labute approximate surface area is 104 Å². The number of aliphatic carboxylic acids is 1. The zero-order chi connectivity index (χ0) is 13.2. The molecule has 0 fully saturated rings. The molecule has 17 heavy (non-hydrogen) atoms. The van der Waals surface area contributed by atoms with Crippen molar-refractivity contribution in [3.8, 4) is 5.75 Å². The van der Waals surface area contributed by atoms with Crippen LogP contribution in [-0.2, 0) is 10.5 Å². The number of alkyl halides is 1. The van der Waals surface area contributed by atoms with Crippen LogP contribution in [0.4, 0.5) is 4.39 Å². The van der Waals surface area contributed by atoms with Crippen molar-refractivity contribution in [2.75, 3.05) is 0 Å². The van der Waals surface area contributed by atoms with Gasteiger partial charge in [0.25, 0.3) is 0 Å². The quantitative estimate of drug-likeness (QED) is 0.903. The van der Waals surface area contributed by atoms with E-state index in [1.807, 2.05) is 13.8 Å². The molecule has 5 heteroatoms. The molecule has 0 bridgehead atoms. The average Bonchev–Trinajstić information content (AvgIpc) is 2.20. The van der Waals surface area contributed by atoms with Gasteiger partial charge in [-0.1, -0.05) is 17.7 Å². The predicted molar refractivity (Wildman–Crippen MR) is 63.3 cm³/mol. The summed E-state index contributed by atoms with van der Waals surface area (Å²) in [5.41, 5.74) is -2.47. The number of carboxylic acids is 1. The molecule has 94 valence electrons. The largest absolute Gasteiger partial charge is 0.489 e. The lowest BCUT2D eigenvalue weighted by Gasteiger charge is -2.17. The average molecular weight is 261 g/mol. The Morgan fingerprint density at radius 3 is 2.53 bits per heavy atom. The molecule has 1 unspecified atom stereocenters. The number of ether oxygens (including phenoxy) is 1. The number of carbonyl (C=O) groups is 1. The van der Waals surface area contributed by atoms with Gasteiger partial charge in [-0.25, -0.2) is 9.18 Å². The number of benzene rings is 1. The first-order valence-corrected chi connectivity index (χ1v) is 5.52. The van der Waals surface area contributed by atoms with Gasteiger partial charge >= 0.3 is 5.97 Å². The normalized spacial score (nSPS) is 14.5.